The number of hydrogen-bond acceptors (Lipinski definition) is 0. The number of hydrogen-bond donors (Lipinski definition) is 0. The van der Waals surface area contributed by atoms with Gasteiger partial charge in [-0.15, -0.1) is 35.8 Å². The lowest BCUT2D eigenvalue weighted by molar-refractivity contribution is 0.401. The van der Waals surface area contributed by atoms with Gasteiger partial charge in [-0.3, -0.25) is 0 Å². The van der Waals surface area contributed by atoms with E-state index < -0.39 is 0 Å². The highest BCUT2D eigenvalue weighted by Gasteiger charge is 2.12. The quantitative estimate of drug-likeness (QED) is 0.377. The van der Waals surface area contributed by atoms with Crippen molar-refractivity contribution in [2.24, 2.45) is 5.92 Å². The Hall–Kier alpha value is -0.590. The van der Waals surface area contributed by atoms with Crippen molar-refractivity contribution in [3.05, 3.63) is 0 Å². The average Bonchev–Trinajstić information content (AvgIpc) is 2.14. The number of halogens is 1. The van der Waals surface area contributed by atoms with Gasteiger partial charge in [0.25, 0.3) is 0 Å². The predicted molar refractivity (Wildman–Crippen MR) is 64.2 cm³/mol. The molecule has 0 bridgehead atoms. The molecule has 1 fully saturated rings. The first kappa shape index (κ1) is 13.4. The van der Waals surface area contributed by atoms with E-state index >= 15 is 0 Å². The standard InChI is InChI=1S/C7H10.C6H9Cl/c1-2-4-7-5-3-6-7;1-2-3-4-5-6-7/h7H,3,5-6H2,1H3;1H,3-6H2. The monoisotopic (exact) mass is 210 g/mol. The van der Waals surface area contributed by atoms with Crippen molar-refractivity contribution in [2.45, 2.75) is 45.4 Å². The summed E-state index contributed by atoms with van der Waals surface area (Å²) in [7, 11) is 0. The molecule has 1 heteroatoms. The molecule has 0 spiro atoms. The van der Waals surface area contributed by atoms with Gasteiger partial charge in [0.2, 0.25) is 0 Å². The third-order valence-electron chi connectivity index (χ3n) is 2.16. The minimum Gasteiger partial charge on any atom is -0.127 e. The maximum atomic E-state index is 5.37. The van der Waals surface area contributed by atoms with Gasteiger partial charge in [-0.1, -0.05) is 6.42 Å². The Morgan fingerprint density at radius 3 is 2.36 bits per heavy atom. The van der Waals surface area contributed by atoms with E-state index in [4.69, 9.17) is 18.0 Å². The van der Waals surface area contributed by atoms with Crippen molar-refractivity contribution in [1.29, 1.82) is 0 Å². The summed E-state index contributed by atoms with van der Waals surface area (Å²) in [6.07, 6.45) is 12.1. The lowest BCUT2D eigenvalue weighted by atomic mass is 9.86. The van der Waals surface area contributed by atoms with Gasteiger partial charge >= 0.3 is 0 Å². The molecule has 0 amide bonds. The van der Waals surface area contributed by atoms with Crippen molar-refractivity contribution >= 4 is 11.6 Å². The topological polar surface area (TPSA) is 0 Å². The fourth-order valence-electron chi connectivity index (χ4n) is 1.08. The summed E-state index contributed by atoms with van der Waals surface area (Å²) in [4.78, 5) is 0. The Balaban J connectivity index is 0.000000241. The highest BCUT2D eigenvalue weighted by molar-refractivity contribution is 6.17. The highest BCUT2D eigenvalue weighted by Crippen LogP contribution is 2.24. The van der Waals surface area contributed by atoms with Gasteiger partial charge in [0.05, 0.1) is 0 Å². The third-order valence-corrected chi connectivity index (χ3v) is 2.43. The van der Waals surface area contributed by atoms with Crippen LogP contribution < -0.4 is 0 Å². The Bertz CT molecular complexity index is 210. The van der Waals surface area contributed by atoms with Gasteiger partial charge in [-0.25, -0.2) is 0 Å². The zero-order valence-corrected chi connectivity index (χ0v) is 9.74. The van der Waals surface area contributed by atoms with Gasteiger partial charge in [0, 0.05) is 18.2 Å². The molecule has 0 aromatic rings. The molecule has 14 heavy (non-hydrogen) atoms. The first-order valence-corrected chi connectivity index (χ1v) is 5.80. The van der Waals surface area contributed by atoms with Crippen LogP contribution in [-0.2, 0) is 0 Å². The Morgan fingerprint density at radius 1 is 1.36 bits per heavy atom. The fraction of sp³-hybridized carbons (Fsp3) is 0.692. The van der Waals surface area contributed by atoms with Crippen molar-refractivity contribution in [3.63, 3.8) is 0 Å². The molecule has 0 aromatic heterocycles. The molecule has 78 valence electrons. The first-order chi connectivity index (χ1) is 6.85. The zero-order chi connectivity index (χ0) is 10.6. The maximum Gasteiger partial charge on any atom is 0.0223 e. The van der Waals surface area contributed by atoms with Crippen LogP contribution in [0.25, 0.3) is 0 Å². The van der Waals surface area contributed by atoms with Gasteiger partial charge < -0.3 is 0 Å². The van der Waals surface area contributed by atoms with E-state index in [1.54, 1.807) is 0 Å². The SMILES string of the molecule is C#CCCCCCl.CC#CC1CCC1. The Kier molecular flexibility index (Phi) is 10.0. The van der Waals surface area contributed by atoms with Crippen LogP contribution in [0.4, 0.5) is 0 Å². The number of unbranched alkanes of at least 4 members (excludes halogenated alkanes) is 2. The molecule has 1 aliphatic rings. The molecule has 0 aliphatic heterocycles. The van der Waals surface area contributed by atoms with Gasteiger partial charge in [0.1, 0.15) is 0 Å². The molecule has 0 unspecified atom stereocenters. The molecule has 0 radical (unpaired) electrons. The van der Waals surface area contributed by atoms with E-state index in [0.717, 1.165) is 31.1 Å². The van der Waals surface area contributed by atoms with Crippen LogP contribution >= 0.6 is 11.6 Å². The molecule has 1 saturated carbocycles. The van der Waals surface area contributed by atoms with Crippen molar-refractivity contribution in [2.75, 3.05) is 5.88 Å². The molecular formula is C13H19Cl. The second-order valence-corrected chi connectivity index (χ2v) is 3.75. The van der Waals surface area contributed by atoms with Gasteiger partial charge in [-0.05, 0) is 32.6 Å². The van der Waals surface area contributed by atoms with Crippen molar-refractivity contribution < 1.29 is 0 Å². The van der Waals surface area contributed by atoms with E-state index in [1.165, 1.54) is 19.3 Å². The summed E-state index contributed by atoms with van der Waals surface area (Å²) in [5.74, 6) is 10.1. The van der Waals surface area contributed by atoms with E-state index in [0.29, 0.717) is 0 Å². The second-order valence-electron chi connectivity index (χ2n) is 3.37. The molecular weight excluding hydrogens is 192 g/mol. The number of terminal acetylenes is 1. The Labute approximate surface area is 93.4 Å². The van der Waals surface area contributed by atoms with Crippen molar-refractivity contribution in [1.82, 2.24) is 0 Å². The highest BCUT2D eigenvalue weighted by atomic mass is 35.5. The molecule has 0 atom stereocenters. The van der Waals surface area contributed by atoms with E-state index in [2.05, 4.69) is 17.8 Å². The minimum absolute atomic E-state index is 0.738. The van der Waals surface area contributed by atoms with E-state index in [1.807, 2.05) is 6.92 Å². The van der Waals surface area contributed by atoms with Crippen LogP contribution in [0.3, 0.4) is 0 Å². The van der Waals surface area contributed by atoms with E-state index in [-0.39, 0.29) is 0 Å². The maximum absolute atomic E-state index is 5.37. The molecule has 0 saturated heterocycles. The summed E-state index contributed by atoms with van der Waals surface area (Å²) in [5.41, 5.74) is 0. The van der Waals surface area contributed by atoms with Crippen LogP contribution in [0.2, 0.25) is 0 Å². The van der Waals surface area contributed by atoms with E-state index in [9.17, 15) is 0 Å². The molecule has 0 nitrogen and oxygen atoms in total. The van der Waals surface area contributed by atoms with Crippen LogP contribution in [-0.4, -0.2) is 5.88 Å². The lowest BCUT2D eigenvalue weighted by Gasteiger charge is -2.18. The fourth-order valence-corrected chi connectivity index (χ4v) is 1.27. The number of rotatable bonds is 3. The lowest BCUT2D eigenvalue weighted by Crippen LogP contribution is -2.07. The Morgan fingerprint density at radius 2 is 2.07 bits per heavy atom. The van der Waals surface area contributed by atoms with Crippen LogP contribution in [0.5, 0.6) is 0 Å². The van der Waals surface area contributed by atoms with Crippen LogP contribution in [0, 0.1) is 30.1 Å². The minimum atomic E-state index is 0.738. The average molecular weight is 211 g/mol. The summed E-state index contributed by atoms with van der Waals surface area (Å²) in [5, 5.41) is 0. The molecule has 0 heterocycles. The smallest absolute Gasteiger partial charge is 0.0223 e. The predicted octanol–water partition coefficient (Wildman–Crippen LogP) is 3.84. The van der Waals surface area contributed by atoms with Gasteiger partial charge in [0.15, 0.2) is 0 Å². The molecule has 0 aromatic carbocycles. The molecule has 1 aliphatic carbocycles. The number of alkyl halides is 1. The molecule has 0 N–H and O–H groups in total. The summed E-state index contributed by atoms with van der Waals surface area (Å²) < 4.78 is 0. The van der Waals surface area contributed by atoms with Gasteiger partial charge in [-0.2, -0.15) is 0 Å². The van der Waals surface area contributed by atoms with Crippen molar-refractivity contribution in [3.8, 4) is 24.2 Å². The third kappa shape index (κ3) is 8.03. The summed E-state index contributed by atoms with van der Waals surface area (Å²) in [6.45, 7) is 1.92. The first-order valence-electron chi connectivity index (χ1n) is 5.26. The van der Waals surface area contributed by atoms with Crippen LogP contribution in [0.15, 0.2) is 0 Å². The summed E-state index contributed by atoms with van der Waals surface area (Å²) >= 11 is 5.37. The zero-order valence-electron chi connectivity index (χ0n) is 8.98. The summed E-state index contributed by atoms with van der Waals surface area (Å²) in [6, 6.07) is 0. The normalized spacial score (nSPS) is 13.8. The largest absolute Gasteiger partial charge is 0.127 e. The second kappa shape index (κ2) is 10.5. The molecule has 1 rings (SSSR count). The van der Waals surface area contributed by atoms with Crippen LogP contribution in [0.1, 0.15) is 45.4 Å².